The van der Waals surface area contributed by atoms with Gasteiger partial charge in [-0.3, -0.25) is 0 Å². The van der Waals surface area contributed by atoms with Crippen LogP contribution in [0, 0.1) is 3.57 Å². The van der Waals surface area contributed by atoms with Crippen molar-refractivity contribution in [2.75, 3.05) is 18.5 Å². The molecule has 0 fully saturated rings. The number of carbonyl (C=O) groups excluding carboxylic acids is 1. The van der Waals surface area contributed by atoms with Gasteiger partial charge in [-0.25, -0.2) is 4.79 Å². The molecule has 0 aliphatic carbocycles. The van der Waals surface area contributed by atoms with Crippen LogP contribution in [-0.4, -0.2) is 25.3 Å². The largest absolute Gasteiger partial charge is 0.486 e. The first-order chi connectivity index (χ1) is 10.7. The van der Waals surface area contributed by atoms with Crippen molar-refractivity contribution in [3.8, 4) is 11.5 Å². The summed E-state index contributed by atoms with van der Waals surface area (Å²) in [4.78, 5) is 11.9. The lowest BCUT2D eigenvalue weighted by Gasteiger charge is -2.26. The molecule has 0 saturated carbocycles. The second-order valence-corrected chi connectivity index (χ2v) is 5.97. The number of amides is 2. The summed E-state index contributed by atoms with van der Waals surface area (Å²) >= 11 is 2.18. The number of rotatable bonds is 3. The summed E-state index contributed by atoms with van der Waals surface area (Å²) in [5.74, 6) is 1.45. The Morgan fingerprint density at radius 1 is 1.14 bits per heavy atom. The minimum Gasteiger partial charge on any atom is -0.486 e. The molecule has 0 saturated heterocycles. The quantitative estimate of drug-likeness (QED) is 0.764. The van der Waals surface area contributed by atoms with E-state index < -0.39 is 0 Å². The molecular formula is C16H15IN2O3. The van der Waals surface area contributed by atoms with E-state index in [1.54, 1.807) is 0 Å². The lowest BCUT2D eigenvalue weighted by atomic mass is 10.2. The number of halogens is 1. The SMILES string of the molecule is O=C(NCC1COc2ccccc2O1)Nc1ccccc1I. The van der Waals surface area contributed by atoms with Crippen LogP contribution in [0.2, 0.25) is 0 Å². The van der Waals surface area contributed by atoms with Crippen molar-refractivity contribution in [3.05, 3.63) is 52.1 Å². The zero-order valence-corrected chi connectivity index (χ0v) is 13.9. The maximum atomic E-state index is 11.9. The molecule has 114 valence electrons. The Balaban J connectivity index is 1.51. The van der Waals surface area contributed by atoms with Gasteiger partial charge in [0.15, 0.2) is 17.6 Å². The number of urea groups is 1. The van der Waals surface area contributed by atoms with Gasteiger partial charge < -0.3 is 20.1 Å². The highest BCUT2D eigenvalue weighted by atomic mass is 127. The van der Waals surface area contributed by atoms with Gasteiger partial charge in [0.05, 0.1) is 12.2 Å². The third-order valence-electron chi connectivity index (χ3n) is 3.18. The summed E-state index contributed by atoms with van der Waals surface area (Å²) < 4.78 is 12.4. The van der Waals surface area contributed by atoms with E-state index in [4.69, 9.17) is 9.47 Å². The Morgan fingerprint density at radius 3 is 2.68 bits per heavy atom. The average Bonchev–Trinajstić information content (AvgIpc) is 2.55. The molecule has 0 spiro atoms. The molecule has 0 aromatic heterocycles. The van der Waals surface area contributed by atoms with Gasteiger partial charge in [-0.2, -0.15) is 0 Å². The number of para-hydroxylation sites is 3. The Labute approximate surface area is 142 Å². The number of benzene rings is 2. The number of anilines is 1. The highest BCUT2D eigenvalue weighted by Crippen LogP contribution is 2.30. The van der Waals surface area contributed by atoms with Gasteiger partial charge in [0.25, 0.3) is 0 Å². The number of carbonyl (C=O) groups is 1. The van der Waals surface area contributed by atoms with Gasteiger partial charge >= 0.3 is 6.03 Å². The molecule has 22 heavy (non-hydrogen) atoms. The van der Waals surface area contributed by atoms with E-state index in [-0.39, 0.29) is 12.1 Å². The van der Waals surface area contributed by atoms with E-state index in [1.807, 2.05) is 48.5 Å². The summed E-state index contributed by atoms with van der Waals surface area (Å²) in [6.07, 6.45) is -0.199. The van der Waals surface area contributed by atoms with E-state index in [9.17, 15) is 4.79 Å². The minimum absolute atomic E-state index is 0.199. The zero-order chi connectivity index (χ0) is 15.4. The zero-order valence-electron chi connectivity index (χ0n) is 11.7. The predicted octanol–water partition coefficient (Wildman–Crippen LogP) is 3.25. The van der Waals surface area contributed by atoms with Crippen molar-refractivity contribution in [2.24, 2.45) is 0 Å². The second-order valence-electron chi connectivity index (χ2n) is 4.81. The van der Waals surface area contributed by atoms with Gasteiger partial charge in [0, 0.05) is 3.57 Å². The molecule has 1 atom stereocenters. The fraction of sp³-hybridized carbons (Fsp3) is 0.188. The van der Waals surface area contributed by atoms with Crippen molar-refractivity contribution in [2.45, 2.75) is 6.10 Å². The summed E-state index contributed by atoms with van der Waals surface area (Å²) in [5, 5.41) is 5.62. The lowest BCUT2D eigenvalue weighted by Crippen LogP contribution is -2.42. The molecule has 0 bridgehead atoms. The summed E-state index contributed by atoms with van der Waals surface area (Å²) in [7, 11) is 0. The monoisotopic (exact) mass is 410 g/mol. The summed E-state index contributed by atoms with van der Waals surface area (Å²) in [6.45, 7) is 0.795. The normalized spacial score (nSPS) is 16.0. The first-order valence-electron chi connectivity index (χ1n) is 6.90. The molecule has 2 aromatic carbocycles. The topological polar surface area (TPSA) is 59.6 Å². The maximum absolute atomic E-state index is 11.9. The van der Waals surface area contributed by atoms with Gasteiger partial charge in [-0.15, -0.1) is 0 Å². The van der Waals surface area contributed by atoms with Crippen molar-refractivity contribution in [3.63, 3.8) is 0 Å². The first-order valence-corrected chi connectivity index (χ1v) is 7.98. The number of fused-ring (bicyclic) bond motifs is 1. The van der Waals surface area contributed by atoms with Crippen molar-refractivity contribution >= 4 is 34.3 Å². The average molecular weight is 410 g/mol. The van der Waals surface area contributed by atoms with Crippen LogP contribution in [0.3, 0.4) is 0 Å². The van der Waals surface area contributed by atoms with Crippen LogP contribution in [0.5, 0.6) is 11.5 Å². The van der Waals surface area contributed by atoms with Gasteiger partial charge in [-0.05, 0) is 46.9 Å². The Bertz CT molecular complexity index is 678. The standard InChI is InChI=1S/C16H15IN2O3/c17-12-5-1-2-6-13(12)19-16(20)18-9-11-10-21-14-7-3-4-8-15(14)22-11/h1-8,11H,9-10H2,(H2,18,19,20). The molecule has 0 radical (unpaired) electrons. The summed E-state index contributed by atoms with van der Waals surface area (Å²) in [5.41, 5.74) is 0.784. The van der Waals surface area contributed by atoms with Crippen LogP contribution in [0.4, 0.5) is 10.5 Å². The van der Waals surface area contributed by atoms with Crippen LogP contribution >= 0.6 is 22.6 Å². The fourth-order valence-electron chi connectivity index (χ4n) is 2.10. The molecule has 1 aliphatic heterocycles. The molecule has 1 aliphatic rings. The molecular weight excluding hydrogens is 395 g/mol. The minimum atomic E-state index is -0.258. The van der Waals surface area contributed by atoms with E-state index in [2.05, 4.69) is 33.2 Å². The third-order valence-corrected chi connectivity index (χ3v) is 4.12. The molecule has 5 nitrogen and oxygen atoms in total. The number of nitrogens with one attached hydrogen (secondary N) is 2. The van der Waals surface area contributed by atoms with Crippen LogP contribution in [0.1, 0.15) is 0 Å². The number of ether oxygens (including phenoxy) is 2. The van der Waals surface area contributed by atoms with Crippen molar-refractivity contribution in [1.29, 1.82) is 0 Å². The van der Waals surface area contributed by atoms with Crippen LogP contribution in [-0.2, 0) is 0 Å². The number of hydrogen-bond donors (Lipinski definition) is 2. The highest BCUT2D eigenvalue weighted by molar-refractivity contribution is 14.1. The molecule has 2 N–H and O–H groups in total. The second kappa shape index (κ2) is 6.87. The van der Waals surface area contributed by atoms with Crippen molar-refractivity contribution in [1.82, 2.24) is 5.32 Å². The van der Waals surface area contributed by atoms with E-state index in [0.717, 1.165) is 15.0 Å². The molecule has 3 rings (SSSR count). The van der Waals surface area contributed by atoms with Crippen LogP contribution in [0.15, 0.2) is 48.5 Å². The Morgan fingerprint density at radius 2 is 1.86 bits per heavy atom. The molecule has 1 unspecified atom stereocenters. The molecule has 2 amide bonds. The Hall–Kier alpha value is -1.96. The van der Waals surface area contributed by atoms with Gasteiger partial charge in [0.1, 0.15) is 6.61 Å². The highest BCUT2D eigenvalue weighted by Gasteiger charge is 2.21. The van der Waals surface area contributed by atoms with Crippen LogP contribution in [0.25, 0.3) is 0 Å². The van der Waals surface area contributed by atoms with Crippen LogP contribution < -0.4 is 20.1 Å². The fourth-order valence-corrected chi connectivity index (χ4v) is 2.62. The molecule has 6 heteroatoms. The van der Waals surface area contributed by atoms with Gasteiger partial charge in [-0.1, -0.05) is 24.3 Å². The molecule has 1 heterocycles. The maximum Gasteiger partial charge on any atom is 0.319 e. The first kappa shape index (κ1) is 15.0. The number of hydrogen-bond acceptors (Lipinski definition) is 3. The van der Waals surface area contributed by atoms with Crippen molar-refractivity contribution < 1.29 is 14.3 Å². The molecule has 2 aromatic rings. The van der Waals surface area contributed by atoms with E-state index in [1.165, 1.54) is 0 Å². The lowest BCUT2D eigenvalue weighted by molar-refractivity contribution is 0.0922. The summed E-state index contributed by atoms with van der Waals surface area (Å²) in [6, 6.07) is 14.9. The van der Waals surface area contributed by atoms with E-state index in [0.29, 0.717) is 18.9 Å². The smallest absolute Gasteiger partial charge is 0.319 e. The van der Waals surface area contributed by atoms with E-state index >= 15 is 0 Å². The van der Waals surface area contributed by atoms with Gasteiger partial charge in [0.2, 0.25) is 0 Å². The third kappa shape index (κ3) is 3.62. The predicted molar refractivity (Wildman–Crippen MR) is 92.5 cm³/mol. The Kier molecular flexibility index (Phi) is 4.67.